The van der Waals surface area contributed by atoms with Gasteiger partial charge in [0.25, 0.3) is 0 Å². The number of fused-ring (bicyclic) bond motifs is 1. The fourth-order valence-electron chi connectivity index (χ4n) is 1.39. The highest BCUT2D eigenvalue weighted by Gasteiger charge is 2.03. The van der Waals surface area contributed by atoms with Gasteiger partial charge in [-0.15, -0.1) is 0 Å². The number of halogens is 1. The molecule has 0 saturated heterocycles. The first-order valence-corrected chi connectivity index (χ1v) is 8.09. The molecule has 2 rings (SSSR count). The molecule has 0 bridgehead atoms. The summed E-state index contributed by atoms with van der Waals surface area (Å²) < 4.78 is 2.31. The van der Waals surface area contributed by atoms with E-state index in [0.29, 0.717) is 0 Å². The number of hydrogen-bond acceptors (Lipinski definition) is 4. The molecule has 0 atom stereocenters. The highest BCUT2D eigenvalue weighted by Crippen LogP contribution is 2.28. The Balaban J connectivity index is 2.02. The molecule has 0 spiro atoms. The van der Waals surface area contributed by atoms with Gasteiger partial charge in [0.05, 0.1) is 10.2 Å². The third-order valence-electron chi connectivity index (χ3n) is 2.15. The summed E-state index contributed by atoms with van der Waals surface area (Å²) in [7, 11) is 0. The van der Waals surface area contributed by atoms with Crippen LogP contribution in [0.25, 0.3) is 10.2 Å². The van der Waals surface area contributed by atoms with Gasteiger partial charge in [-0.1, -0.05) is 27.3 Å². The van der Waals surface area contributed by atoms with Crippen molar-refractivity contribution in [3.8, 4) is 0 Å². The van der Waals surface area contributed by atoms with Crippen molar-refractivity contribution in [2.45, 2.75) is 6.42 Å². The van der Waals surface area contributed by atoms with Crippen molar-refractivity contribution >= 4 is 54.4 Å². The lowest BCUT2D eigenvalue weighted by Crippen LogP contribution is -2.01. The second-order valence-corrected chi connectivity index (χ2v) is 6.34. The van der Waals surface area contributed by atoms with Crippen LogP contribution in [0.1, 0.15) is 6.42 Å². The Morgan fingerprint density at radius 1 is 1.50 bits per heavy atom. The van der Waals surface area contributed by atoms with Crippen molar-refractivity contribution in [2.75, 3.05) is 23.9 Å². The van der Waals surface area contributed by atoms with Gasteiger partial charge >= 0.3 is 0 Å². The zero-order chi connectivity index (χ0) is 11.4. The predicted octanol–water partition coefficient (Wildman–Crippen LogP) is 4.22. The van der Waals surface area contributed by atoms with Crippen LogP contribution in [0.2, 0.25) is 0 Å². The van der Waals surface area contributed by atoms with Crippen LogP contribution < -0.4 is 5.32 Å². The average molecular weight is 317 g/mol. The molecule has 0 amide bonds. The zero-order valence-corrected chi connectivity index (χ0v) is 12.2. The summed E-state index contributed by atoms with van der Waals surface area (Å²) in [6.07, 6.45) is 3.32. The summed E-state index contributed by atoms with van der Waals surface area (Å²) >= 11 is 7.05. The van der Waals surface area contributed by atoms with Gasteiger partial charge < -0.3 is 5.32 Å². The zero-order valence-electron chi connectivity index (χ0n) is 9.00. The molecule has 1 aromatic heterocycles. The number of thioether (sulfide) groups is 1. The van der Waals surface area contributed by atoms with Crippen molar-refractivity contribution in [3.63, 3.8) is 0 Å². The van der Waals surface area contributed by atoms with Gasteiger partial charge in [0.2, 0.25) is 0 Å². The molecule has 2 nitrogen and oxygen atoms in total. The van der Waals surface area contributed by atoms with E-state index < -0.39 is 0 Å². The Morgan fingerprint density at radius 3 is 3.19 bits per heavy atom. The predicted molar refractivity (Wildman–Crippen MR) is 78.8 cm³/mol. The average Bonchev–Trinajstić information content (AvgIpc) is 2.66. The number of anilines is 1. The molecule has 0 unspecified atom stereocenters. The van der Waals surface area contributed by atoms with Crippen molar-refractivity contribution in [1.82, 2.24) is 4.98 Å². The highest BCUT2D eigenvalue weighted by atomic mass is 79.9. The van der Waals surface area contributed by atoms with Crippen molar-refractivity contribution in [1.29, 1.82) is 0 Å². The number of hydrogen-bond donors (Lipinski definition) is 1. The largest absolute Gasteiger partial charge is 0.361 e. The summed E-state index contributed by atoms with van der Waals surface area (Å²) in [6, 6.07) is 6.21. The molecule has 1 N–H and O–H groups in total. The van der Waals surface area contributed by atoms with Crippen LogP contribution in [-0.2, 0) is 0 Å². The fourth-order valence-corrected chi connectivity index (χ4v) is 3.04. The van der Waals surface area contributed by atoms with Gasteiger partial charge in [-0.25, -0.2) is 4.98 Å². The Kier molecular flexibility index (Phi) is 4.49. The summed E-state index contributed by atoms with van der Waals surface area (Å²) in [5.41, 5.74) is 1.06. The fraction of sp³-hybridized carbons (Fsp3) is 0.364. The summed E-state index contributed by atoms with van der Waals surface area (Å²) in [5, 5.41) is 4.39. The third-order valence-corrected chi connectivity index (χ3v) is 4.34. The molecule has 86 valence electrons. The lowest BCUT2D eigenvalue weighted by atomic mass is 10.3. The summed E-state index contributed by atoms with van der Waals surface area (Å²) in [5.74, 6) is 1.20. The summed E-state index contributed by atoms with van der Waals surface area (Å²) in [6.45, 7) is 1.00. The Morgan fingerprint density at radius 2 is 2.38 bits per heavy atom. The molecule has 16 heavy (non-hydrogen) atoms. The first kappa shape index (κ1) is 12.2. The minimum Gasteiger partial charge on any atom is -0.361 e. The maximum absolute atomic E-state index is 4.54. The van der Waals surface area contributed by atoms with Gasteiger partial charge in [-0.3, -0.25) is 0 Å². The molecular weight excluding hydrogens is 304 g/mol. The van der Waals surface area contributed by atoms with Gasteiger partial charge in [-0.2, -0.15) is 11.8 Å². The molecule has 0 fully saturated rings. The Bertz CT molecular complexity index is 470. The minimum absolute atomic E-state index is 1.00. The summed E-state index contributed by atoms with van der Waals surface area (Å²) in [4.78, 5) is 4.54. The van der Waals surface area contributed by atoms with E-state index in [1.165, 1.54) is 16.9 Å². The molecule has 0 aliphatic rings. The van der Waals surface area contributed by atoms with E-state index in [1.54, 1.807) is 11.3 Å². The highest BCUT2D eigenvalue weighted by molar-refractivity contribution is 9.10. The number of nitrogens with zero attached hydrogens (tertiary/aromatic N) is 1. The van der Waals surface area contributed by atoms with Crippen LogP contribution in [0.15, 0.2) is 22.7 Å². The number of benzene rings is 1. The van der Waals surface area contributed by atoms with Crippen LogP contribution in [0, 0.1) is 0 Å². The SMILES string of the molecule is CSCCCNc1nc2cc(Br)ccc2s1. The van der Waals surface area contributed by atoms with Crippen LogP contribution in [0.3, 0.4) is 0 Å². The standard InChI is InChI=1S/C11H13BrN2S2/c1-15-6-2-5-13-11-14-9-7-8(12)3-4-10(9)16-11/h3-4,7H,2,5-6H2,1H3,(H,13,14). The lowest BCUT2D eigenvalue weighted by molar-refractivity contribution is 0.991. The molecule has 2 aromatic rings. The molecule has 0 aliphatic heterocycles. The van der Waals surface area contributed by atoms with Crippen molar-refractivity contribution in [2.24, 2.45) is 0 Å². The maximum Gasteiger partial charge on any atom is 0.183 e. The quantitative estimate of drug-likeness (QED) is 0.836. The van der Waals surface area contributed by atoms with E-state index in [-0.39, 0.29) is 0 Å². The van der Waals surface area contributed by atoms with E-state index >= 15 is 0 Å². The second-order valence-electron chi connectivity index (χ2n) is 3.40. The first-order valence-electron chi connectivity index (χ1n) is 5.08. The Labute approximate surface area is 112 Å². The van der Waals surface area contributed by atoms with Crippen LogP contribution >= 0.6 is 39.0 Å². The molecular formula is C11H13BrN2S2. The topological polar surface area (TPSA) is 24.9 Å². The van der Waals surface area contributed by atoms with E-state index in [1.807, 2.05) is 11.8 Å². The molecule has 1 heterocycles. The normalized spacial score (nSPS) is 10.9. The first-order chi connectivity index (χ1) is 7.79. The van der Waals surface area contributed by atoms with Crippen LogP contribution in [0.4, 0.5) is 5.13 Å². The van der Waals surface area contributed by atoms with E-state index in [9.17, 15) is 0 Å². The number of thiazole rings is 1. The molecule has 0 aliphatic carbocycles. The molecule has 0 saturated carbocycles. The van der Waals surface area contributed by atoms with E-state index in [2.05, 4.69) is 50.7 Å². The van der Waals surface area contributed by atoms with Gasteiger partial charge in [-0.05, 0) is 36.6 Å². The van der Waals surface area contributed by atoms with Crippen LogP contribution in [0.5, 0.6) is 0 Å². The third kappa shape index (κ3) is 3.12. The maximum atomic E-state index is 4.54. The molecule has 1 aromatic carbocycles. The number of aromatic nitrogens is 1. The van der Waals surface area contributed by atoms with E-state index in [4.69, 9.17) is 0 Å². The molecule has 5 heteroatoms. The van der Waals surface area contributed by atoms with Gasteiger partial charge in [0.15, 0.2) is 5.13 Å². The second kappa shape index (κ2) is 5.89. The molecule has 0 radical (unpaired) electrons. The van der Waals surface area contributed by atoms with E-state index in [0.717, 1.165) is 21.7 Å². The lowest BCUT2D eigenvalue weighted by Gasteiger charge is -1.99. The van der Waals surface area contributed by atoms with Crippen molar-refractivity contribution in [3.05, 3.63) is 22.7 Å². The minimum atomic E-state index is 1.00. The van der Waals surface area contributed by atoms with Gasteiger partial charge in [0, 0.05) is 11.0 Å². The van der Waals surface area contributed by atoms with Gasteiger partial charge in [0.1, 0.15) is 0 Å². The van der Waals surface area contributed by atoms with Crippen molar-refractivity contribution < 1.29 is 0 Å². The monoisotopic (exact) mass is 316 g/mol. The van der Waals surface area contributed by atoms with Crippen LogP contribution in [-0.4, -0.2) is 23.5 Å². The number of rotatable bonds is 5. The number of nitrogens with one attached hydrogen (secondary N) is 1. The Hall–Kier alpha value is -0.260. The smallest absolute Gasteiger partial charge is 0.183 e.